The number of aromatic nitrogens is 3. The van der Waals surface area contributed by atoms with E-state index in [4.69, 9.17) is 0 Å². The summed E-state index contributed by atoms with van der Waals surface area (Å²) >= 11 is 0. The fourth-order valence-corrected chi connectivity index (χ4v) is 1.72. The number of carbonyl (C=O) groups excluding carboxylic acids is 1. The molecular formula is C13H9FN4O. The molecule has 0 aliphatic heterocycles. The molecule has 0 unspecified atom stereocenters. The zero-order valence-corrected chi connectivity index (χ0v) is 9.72. The average Bonchev–Trinajstić information content (AvgIpc) is 2.88. The number of nitrogens with one attached hydrogen (secondary N) is 2. The number of aromatic amines is 1. The van der Waals surface area contributed by atoms with Crippen molar-refractivity contribution < 1.29 is 9.18 Å². The van der Waals surface area contributed by atoms with Crippen LogP contribution < -0.4 is 5.32 Å². The van der Waals surface area contributed by atoms with Crippen molar-refractivity contribution >= 4 is 22.6 Å². The maximum absolute atomic E-state index is 12.7. The lowest BCUT2D eigenvalue weighted by Gasteiger charge is -2.04. The molecule has 0 aliphatic carbocycles. The van der Waals surface area contributed by atoms with Crippen molar-refractivity contribution in [1.82, 2.24) is 15.2 Å². The van der Waals surface area contributed by atoms with Crippen molar-refractivity contribution in [3.05, 3.63) is 54.1 Å². The van der Waals surface area contributed by atoms with Gasteiger partial charge >= 0.3 is 0 Å². The molecule has 0 fully saturated rings. The summed E-state index contributed by atoms with van der Waals surface area (Å²) in [7, 11) is 0. The Morgan fingerprint density at radius 1 is 1.21 bits per heavy atom. The lowest BCUT2D eigenvalue weighted by Crippen LogP contribution is -2.12. The van der Waals surface area contributed by atoms with Crippen LogP contribution in [-0.2, 0) is 0 Å². The van der Waals surface area contributed by atoms with Gasteiger partial charge in [0.25, 0.3) is 5.91 Å². The highest BCUT2D eigenvalue weighted by Crippen LogP contribution is 2.14. The predicted molar refractivity (Wildman–Crippen MR) is 68.2 cm³/mol. The summed E-state index contributed by atoms with van der Waals surface area (Å²) < 4.78 is 12.7. The van der Waals surface area contributed by atoms with Crippen molar-refractivity contribution in [1.29, 1.82) is 0 Å². The second-order valence-electron chi connectivity index (χ2n) is 3.99. The molecule has 5 nitrogen and oxygen atoms in total. The van der Waals surface area contributed by atoms with Crippen LogP contribution in [0.1, 0.15) is 10.4 Å². The average molecular weight is 256 g/mol. The van der Waals surface area contributed by atoms with Crippen molar-refractivity contribution in [2.24, 2.45) is 0 Å². The number of hydrogen-bond donors (Lipinski definition) is 2. The van der Waals surface area contributed by atoms with E-state index in [-0.39, 0.29) is 5.91 Å². The normalized spacial score (nSPS) is 10.6. The van der Waals surface area contributed by atoms with Crippen LogP contribution in [0.4, 0.5) is 10.2 Å². The first kappa shape index (κ1) is 11.3. The maximum atomic E-state index is 12.7. The highest BCUT2D eigenvalue weighted by molar-refractivity contribution is 6.05. The van der Waals surface area contributed by atoms with E-state index in [0.717, 1.165) is 17.1 Å². The monoisotopic (exact) mass is 256 g/mol. The molecule has 0 spiro atoms. The number of H-pyrrole nitrogens is 1. The van der Waals surface area contributed by atoms with Gasteiger partial charge in [-0.15, -0.1) is 0 Å². The van der Waals surface area contributed by atoms with Gasteiger partial charge in [0.2, 0.25) is 0 Å². The fourth-order valence-electron chi connectivity index (χ4n) is 1.72. The minimum Gasteiger partial charge on any atom is -0.307 e. The van der Waals surface area contributed by atoms with Crippen molar-refractivity contribution in [3.8, 4) is 0 Å². The Morgan fingerprint density at radius 2 is 2.11 bits per heavy atom. The van der Waals surface area contributed by atoms with Crippen LogP contribution >= 0.6 is 0 Å². The maximum Gasteiger partial charge on any atom is 0.256 e. The van der Waals surface area contributed by atoms with Crippen molar-refractivity contribution in [2.75, 3.05) is 5.32 Å². The second-order valence-corrected chi connectivity index (χ2v) is 3.99. The van der Waals surface area contributed by atoms with Gasteiger partial charge in [0, 0.05) is 10.9 Å². The number of halogens is 1. The van der Waals surface area contributed by atoms with Crippen LogP contribution in [0.15, 0.2) is 42.7 Å². The Bertz CT molecular complexity index is 736. The first-order chi connectivity index (χ1) is 9.22. The number of nitrogens with zero attached hydrogens (tertiary/aromatic N) is 2. The number of amides is 1. The number of anilines is 1. The standard InChI is InChI=1S/C13H9FN4O/c14-10-3-4-12(15-7-10)17-13(19)8-1-2-9-6-16-18-11(9)5-8/h1-7H,(H,16,18)(H,15,17,19). The number of carbonyl (C=O) groups is 1. The largest absolute Gasteiger partial charge is 0.307 e. The van der Waals surface area contributed by atoms with Gasteiger partial charge in [0.05, 0.1) is 17.9 Å². The molecule has 0 atom stereocenters. The third-order valence-corrected chi connectivity index (χ3v) is 2.67. The third kappa shape index (κ3) is 2.28. The Labute approximate surface area is 107 Å². The second kappa shape index (κ2) is 4.49. The Balaban J connectivity index is 1.84. The van der Waals surface area contributed by atoms with E-state index >= 15 is 0 Å². The molecular weight excluding hydrogens is 247 g/mol. The molecule has 6 heteroatoms. The van der Waals surface area contributed by atoms with Crippen LogP contribution in [0.5, 0.6) is 0 Å². The van der Waals surface area contributed by atoms with Gasteiger partial charge in [0.1, 0.15) is 11.6 Å². The highest BCUT2D eigenvalue weighted by atomic mass is 19.1. The Hall–Kier alpha value is -2.76. The molecule has 3 rings (SSSR count). The van der Waals surface area contributed by atoms with E-state index in [1.807, 2.05) is 0 Å². The summed E-state index contributed by atoms with van der Waals surface area (Å²) in [6.45, 7) is 0. The predicted octanol–water partition coefficient (Wildman–Crippen LogP) is 2.35. The summed E-state index contributed by atoms with van der Waals surface area (Å²) in [5.41, 5.74) is 1.25. The molecule has 2 heterocycles. The zero-order valence-electron chi connectivity index (χ0n) is 9.72. The van der Waals surface area contributed by atoms with Crippen LogP contribution in [-0.4, -0.2) is 21.1 Å². The van der Waals surface area contributed by atoms with Crippen molar-refractivity contribution in [3.63, 3.8) is 0 Å². The van der Waals surface area contributed by atoms with Crippen LogP contribution in [0.25, 0.3) is 10.9 Å². The van der Waals surface area contributed by atoms with Gasteiger partial charge in [0.15, 0.2) is 0 Å². The minimum absolute atomic E-state index is 0.302. The van der Waals surface area contributed by atoms with Gasteiger partial charge in [-0.2, -0.15) is 5.10 Å². The lowest BCUT2D eigenvalue weighted by atomic mass is 10.1. The molecule has 2 aromatic heterocycles. The topological polar surface area (TPSA) is 70.7 Å². The number of fused-ring (bicyclic) bond motifs is 1. The molecule has 3 aromatic rings. The highest BCUT2D eigenvalue weighted by Gasteiger charge is 2.08. The van der Waals surface area contributed by atoms with Gasteiger partial charge in [-0.1, -0.05) is 6.07 Å². The van der Waals surface area contributed by atoms with E-state index in [2.05, 4.69) is 20.5 Å². The van der Waals surface area contributed by atoms with Crippen LogP contribution in [0, 0.1) is 5.82 Å². The number of hydrogen-bond acceptors (Lipinski definition) is 3. The van der Waals surface area contributed by atoms with E-state index in [1.165, 1.54) is 12.1 Å². The van der Waals surface area contributed by atoms with E-state index in [1.54, 1.807) is 24.4 Å². The SMILES string of the molecule is O=C(Nc1ccc(F)cn1)c1ccc2cn[nH]c2c1. The summed E-state index contributed by atoms with van der Waals surface area (Å²) in [5.74, 6) is -0.455. The molecule has 0 aliphatic rings. The number of pyridine rings is 1. The molecule has 1 amide bonds. The van der Waals surface area contributed by atoms with Crippen LogP contribution in [0.3, 0.4) is 0 Å². The molecule has 0 saturated heterocycles. The first-order valence-electron chi connectivity index (χ1n) is 5.58. The molecule has 0 bridgehead atoms. The number of benzene rings is 1. The zero-order chi connectivity index (χ0) is 13.2. The quantitative estimate of drug-likeness (QED) is 0.739. The van der Waals surface area contributed by atoms with Gasteiger partial charge < -0.3 is 5.32 Å². The van der Waals surface area contributed by atoms with E-state index in [0.29, 0.717) is 11.4 Å². The van der Waals surface area contributed by atoms with Gasteiger partial charge in [-0.05, 0) is 24.3 Å². The summed E-state index contributed by atoms with van der Waals surface area (Å²) in [5, 5.41) is 10.2. The van der Waals surface area contributed by atoms with Crippen LogP contribution in [0.2, 0.25) is 0 Å². The molecule has 2 N–H and O–H groups in total. The number of rotatable bonds is 2. The molecule has 0 radical (unpaired) electrons. The molecule has 0 saturated carbocycles. The summed E-state index contributed by atoms with van der Waals surface area (Å²) in [6.07, 6.45) is 2.73. The summed E-state index contributed by atoms with van der Waals surface area (Å²) in [6, 6.07) is 7.83. The fraction of sp³-hybridized carbons (Fsp3) is 0. The Kier molecular flexibility index (Phi) is 2.68. The molecule has 94 valence electrons. The van der Waals surface area contributed by atoms with Crippen molar-refractivity contribution in [2.45, 2.75) is 0 Å². The lowest BCUT2D eigenvalue weighted by molar-refractivity contribution is 0.102. The smallest absolute Gasteiger partial charge is 0.256 e. The Morgan fingerprint density at radius 3 is 2.89 bits per heavy atom. The first-order valence-corrected chi connectivity index (χ1v) is 5.58. The minimum atomic E-state index is -0.447. The van der Waals surface area contributed by atoms with Gasteiger partial charge in [-0.3, -0.25) is 9.89 Å². The van der Waals surface area contributed by atoms with E-state index in [9.17, 15) is 9.18 Å². The molecule has 1 aromatic carbocycles. The third-order valence-electron chi connectivity index (χ3n) is 2.67. The van der Waals surface area contributed by atoms with E-state index < -0.39 is 5.82 Å². The van der Waals surface area contributed by atoms with Gasteiger partial charge in [-0.25, -0.2) is 9.37 Å². The summed E-state index contributed by atoms with van der Waals surface area (Å²) in [4.78, 5) is 15.8. The molecule has 19 heavy (non-hydrogen) atoms.